The Morgan fingerprint density at radius 2 is 2.08 bits per heavy atom. The van der Waals surface area contributed by atoms with Crippen molar-refractivity contribution in [3.05, 3.63) is 24.3 Å². The zero-order valence-electron chi connectivity index (χ0n) is 7.22. The van der Waals surface area contributed by atoms with Crippen LogP contribution in [0.5, 0.6) is 0 Å². The van der Waals surface area contributed by atoms with Gasteiger partial charge in [0.2, 0.25) is 0 Å². The number of nitrogens with zero attached hydrogens (tertiary/aromatic N) is 2. The molecule has 0 unspecified atom stereocenters. The molecule has 1 aromatic rings. The summed E-state index contributed by atoms with van der Waals surface area (Å²) in [5, 5.41) is 20.4. The van der Waals surface area contributed by atoms with Gasteiger partial charge in [0, 0.05) is 25.1 Å². The van der Waals surface area contributed by atoms with Gasteiger partial charge in [0.15, 0.2) is 0 Å². The van der Waals surface area contributed by atoms with E-state index in [0.29, 0.717) is 6.54 Å². The van der Waals surface area contributed by atoms with Crippen molar-refractivity contribution in [3.8, 4) is 0 Å². The van der Waals surface area contributed by atoms with Gasteiger partial charge in [0.25, 0.3) is 0 Å². The van der Waals surface area contributed by atoms with Gasteiger partial charge >= 0.3 is 0 Å². The minimum absolute atomic E-state index is 0.0865. The first-order chi connectivity index (χ1) is 6.36. The second kappa shape index (κ2) is 5.58. The third kappa shape index (κ3) is 3.45. The van der Waals surface area contributed by atoms with Crippen LogP contribution in [0.3, 0.4) is 0 Å². The van der Waals surface area contributed by atoms with Gasteiger partial charge in [-0.1, -0.05) is 0 Å². The third-order valence-corrected chi connectivity index (χ3v) is 1.63. The maximum absolute atomic E-state index is 8.75. The van der Waals surface area contributed by atoms with Crippen molar-refractivity contribution in [2.45, 2.75) is 12.6 Å². The quantitative estimate of drug-likeness (QED) is 0.541. The number of aliphatic hydroxyl groups excluding tert-OH is 2. The molecule has 3 N–H and O–H groups in total. The smallest absolute Gasteiger partial charge is 0.0724 e. The van der Waals surface area contributed by atoms with E-state index in [-0.39, 0.29) is 19.3 Å². The van der Waals surface area contributed by atoms with Gasteiger partial charge in [-0.05, 0) is 0 Å². The molecule has 1 aromatic heterocycles. The highest BCUT2D eigenvalue weighted by atomic mass is 16.3. The van der Waals surface area contributed by atoms with Gasteiger partial charge in [-0.25, -0.2) is 0 Å². The Hall–Kier alpha value is -1.04. The first kappa shape index (κ1) is 10.0. The zero-order valence-corrected chi connectivity index (χ0v) is 7.22. The molecule has 0 saturated carbocycles. The Bertz CT molecular complexity index is 226. The van der Waals surface area contributed by atoms with Crippen molar-refractivity contribution >= 4 is 0 Å². The number of aliphatic hydroxyl groups is 2. The fourth-order valence-corrected chi connectivity index (χ4v) is 0.857. The lowest BCUT2D eigenvalue weighted by atomic mass is 10.3. The van der Waals surface area contributed by atoms with Crippen LogP contribution in [0.4, 0.5) is 0 Å². The van der Waals surface area contributed by atoms with Crippen LogP contribution < -0.4 is 5.32 Å². The van der Waals surface area contributed by atoms with Crippen LogP contribution in [0.1, 0.15) is 5.69 Å². The summed E-state index contributed by atoms with van der Waals surface area (Å²) in [4.78, 5) is 7.92. The summed E-state index contributed by atoms with van der Waals surface area (Å²) < 4.78 is 0. The van der Waals surface area contributed by atoms with E-state index in [0.717, 1.165) is 5.69 Å². The van der Waals surface area contributed by atoms with Crippen LogP contribution in [0, 0.1) is 0 Å². The second-order valence-electron chi connectivity index (χ2n) is 2.64. The highest BCUT2D eigenvalue weighted by Crippen LogP contribution is 1.90. The summed E-state index contributed by atoms with van der Waals surface area (Å²) >= 11 is 0. The lowest BCUT2D eigenvalue weighted by molar-refractivity contribution is 0.170. The minimum atomic E-state index is -0.290. The Morgan fingerprint density at radius 3 is 2.62 bits per heavy atom. The van der Waals surface area contributed by atoms with Crippen LogP contribution >= 0.6 is 0 Å². The Labute approximate surface area is 76.5 Å². The fourth-order valence-electron chi connectivity index (χ4n) is 0.857. The zero-order chi connectivity index (χ0) is 9.52. The van der Waals surface area contributed by atoms with Crippen LogP contribution in [-0.2, 0) is 6.54 Å². The summed E-state index contributed by atoms with van der Waals surface area (Å²) in [5.41, 5.74) is 0.786. The molecule has 5 heteroatoms. The number of hydrogen-bond donors (Lipinski definition) is 3. The van der Waals surface area contributed by atoms with E-state index in [9.17, 15) is 0 Å². The molecule has 0 aliphatic rings. The summed E-state index contributed by atoms with van der Waals surface area (Å²) in [6.07, 6.45) is 4.84. The predicted octanol–water partition coefficient (Wildman–Crippen LogP) is -1.08. The number of nitrogens with one attached hydrogen (secondary N) is 1. The molecule has 72 valence electrons. The normalized spacial score (nSPS) is 10.7. The monoisotopic (exact) mass is 183 g/mol. The number of rotatable bonds is 5. The molecular weight excluding hydrogens is 170 g/mol. The molecule has 0 bridgehead atoms. The highest BCUT2D eigenvalue weighted by molar-refractivity contribution is 4.94. The van der Waals surface area contributed by atoms with Crippen molar-refractivity contribution < 1.29 is 10.2 Å². The summed E-state index contributed by atoms with van der Waals surface area (Å²) in [7, 11) is 0. The van der Waals surface area contributed by atoms with E-state index in [4.69, 9.17) is 10.2 Å². The topological polar surface area (TPSA) is 78.3 Å². The molecule has 1 heterocycles. The van der Waals surface area contributed by atoms with Crippen LogP contribution in [0.25, 0.3) is 0 Å². The molecule has 0 aromatic carbocycles. The lowest BCUT2D eigenvalue weighted by Gasteiger charge is -2.11. The Morgan fingerprint density at radius 1 is 1.31 bits per heavy atom. The van der Waals surface area contributed by atoms with E-state index in [2.05, 4.69) is 15.3 Å². The van der Waals surface area contributed by atoms with Crippen LogP contribution in [-0.4, -0.2) is 39.4 Å². The lowest BCUT2D eigenvalue weighted by Crippen LogP contribution is -2.35. The van der Waals surface area contributed by atoms with Crippen molar-refractivity contribution in [1.29, 1.82) is 0 Å². The van der Waals surface area contributed by atoms with Gasteiger partial charge in [-0.15, -0.1) is 0 Å². The summed E-state index contributed by atoms with van der Waals surface area (Å²) in [5.74, 6) is 0. The molecule has 0 saturated heterocycles. The SMILES string of the molecule is OCC(CO)NCc1cnccn1. The van der Waals surface area contributed by atoms with Crippen molar-refractivity contribution in [2.24, 2.45) is 0 Å². The van der Waals surface area contributed by atoms with E-state index < -0.39 is 0 Å². The Kier molecular flexibility index (Phi) is 4.31. The Balaban J connectivity index is 2.34. The minimum Gasteiger partial charge on any atom is -0.395 e. The predicted molar refractivity (Wildman–Crippen MR) is 46.8 cm³/mol. The molecule has 13 heavy (non-hydrogen) atoms. The number of hydrogen-bond acceptors (Lipinski definition) is 5. The van der Waals surface area contributed by atoms with Gasteiger partial charge in [0.05, 0.1) is 24.9 Å². The summed E-state index contributed by atoms with van der Waals surface area (Å²) in [6, 6.07) is -0.290. The maximum atomic E-state index is 8.75. The van der Waals surface area contributed by atoms with Crippen molar-refractivity contribution in [3.63, 3.8) is 0 Å². The molecule has 5 nitrogen and oxygen atoms in total. The van der Waals surface area contributed by atoms with Crippen LogP contribution in [0.2, 0.25) is 0 Å². The molecule has 0 radical (unpaired) electrons. The fraction of sp³-hybridized carbons (Fsp3) is 0.500. The first-order valence-electron chi connectivity index (χ1n) is 4.06. The molecule has 1 rings (SSSR count). The summed E-state index contributed by atoms with van der Waals surface area (Å²) in [6.45, 7) is 0.327. The second-order valence-corrected chi connectivity index (χ2v) is 2.64. The van der Waals surface area contributed by atoms with Gasteiger partial charge < -0.3 is 15.5 Å². The van der Waals surface area contributed by atoms with E-state index in [1.165, 1.54) is 0 Å². The van der Waals surface area contributed by atoms with Gasteiger partial charge in [-0.2, -0.15) is 0 Å². The van der Waals surface area contributed by atoms with E-state index in [1.807, 2.05) is 0 Å². The average molecular weight is 183 g/mol. The molecule has 0 spiro atoms. The standard InChI is InChI=1S/C8H13N3O2/c12-5-8(6-13)11-4-7-3-9-1-2-10-7/h1-3,8,11-13H,4-6H2. The third-order valence-electron chi connectivity index (χ3n) is 1.63. The molecule has 0 aliphatic carbocycles. The largest absolute Gasteiger partial charge is 0.395 e. The molecule has 0 fully saturated rings. The average Bonchev–Trinajstić information content (AvgIpc) is 2.21. The van der Waals surface area contributed by atoms with Gasteiger partial charge in [0.1, 0.15) is 0 Å². The van der Waals surface area contributed by atoms with Gasteiger partial charge in [-0.3, -0.25) is 9.97 Å². The number of aromatic nitrogens is 2. The van der Waals surface area contributed by atoms with Crippen molar-refractivity contribution in [2.75, 3.05) is 13.2 Å². The molecular formula is C8H13N3O2. The van der Waals surface area contributed by atoms with Crippen molar-refractivity contribution in [1.82, 2.24) is 15.3 Å². The van der Waals surface area contributed by atoms with Crippen LogP contribution in [0.15, 0.2) is 18.6 Å². The highest BCUT2D eigenvalue weighted by Gasteiger charge is 2.04. The molecule has 0 amide bonds. The molecule has 0 atom stereocenters. The first-order valence-corrected chi connectivity index (χ1v) is 4.06. The maximum Gasteiger partial charge on any atom is 0.0724 e. The van der Waals surface area contributed by atoms with E-state index >= 15 is 0 Å². The molecule has 0 aliphatic heterocycles. The van der Waals surface area contributed by atoms with E-state index in [1.54, 1.807) is 18.6 Å².